The zero-order chi connectivity index (χ0) is 37.6. The van der Waals surface area contributed by atoms with Gasteiger partial charge in [0, 0.05) is 37.3 Å². The van der Waals surface area contributed by atoms with Crippen LogP contribution in [-0.4, -0.2) is 71.9 Å². The average Bonchev–Trinajstić information content (AvgIpc) is 3.61. The van der Waals surface area contributed by atoms with Gasteiger partial charge in [-0.3, -0.25) is 4.68 Å². The van der Waals surface area contributed by atoms with E-state index in [1.807, 2.05) is 17.7 Å². The van der Waals surface area contributed by atoms with Gasteiger partial charge in [0.15, 0.2) is 17.5 Å². The molecule has 0 atom stereocenters. The summed E-state index contributed by atoms with van der Waals surface area (Å²) in [6.07, 6.45) is -8.87. The molecule has 274 valence electrons. The molecular weight excluding hydrogens is 706 g/mol. The van der Waals surface area contributed by atoms with Crippen LogP contribution in [-0.2, 0) is 15.8 Å². The number of ether oxygens (including phenoxy) is 1. The number of nitrogens with zero attached hydrogens (tertiary/aromatic N) is 5. The summed E-state index contributed by atoms with van der Waals surface area (Å²) in [6.45, 7) is 4.45. The lowest BCUT2D eigenvalue weighted by Crippen LogP contribution is -2.27. The highest BCUT2D eigenvalue weighted by Gasteiger charge is 2.39. The number of nitrogens with one attached hydrogen (secondary N) is 1. The first kappa shape index (κ1) is 39.3. The normalized spacial score (nSPS) is 16.5. The molecule has 0 unspecified atom stereocenters. The van der Waals surface area contributed by atoms with Crippen molar-refractivity contribution in [1.29, 1.82) is 0 Å². The summed E-state index contributed by atoms with van der Waals surface area (Å²) in [5, 5.41) is 23.1. The molecule has 0 amide bonds. The van der Waals surface area contributed by atoms with Crippen molar-refractivity contribution in [3.05, 3.63) is 48.0 Å². The second kappa shape index (κ2) is 15.6. The summed E-state index contributed by atoms with van der Waals surface area (Å²) in [7, 11) is 0. The van der Waals surface area contributed by atoms with Crippen molar-refractivity contribution < 1.29 is 72.9 Å². The molecule has 1 saturated carbocycles. The fourth-order valence-corrected chi connectivity index (χ4v) is 4.53. The Kier molecular flexibility index (Phi) is 12.2. The molecule has 1 aliphatic carbocycles. The number of aromatic nitrogens is 5. The monoisotopic (exact) mass is 732 g/mol. The van der Waals surface area contributed by atoms with Crippen LogP contribution in [0.5, 0.6) is 5.88 Å². The maximum Gasteiger partial charge on any atom is 0.490 e. The summed E-state index contributed by atoms with van der Waals surface area (Å²) in [6, 6.07) is 2.54. The third kappa shape index (κ3) is 10.2. The second-order valence-corrected chi connectivity index (χ2v) is 10.3. The van der Waals surface area contributed by atoms with Crippen molar-refractivity contribution in [2.24, 2.45) is 0 Å². The van der Waals surface area contributed by atoms with Crippen LogP contribution >= 0.6 is 0 Å². The number of carbonyl (C=O) groups is 2. The highest BCUT2D eigenvalue weighted by atomic mass is 19.4. The number of aryl methyl sites for hydroxylation is 1. The number of anilines is 1. The van der Waals surface area contributed by atoms with Gasteiger partial charge >= 0.3 is 30.5 Å². The van der Waals surface area contributed by atoms with E-state index in [2.05, 4.69) is 20.3 Å². The van der Waals surface area contributed by atoms with Gasteiger partial charge in [-0.2, -0.15) is 44.6 Å². The van der Waals surface area contributed by atoms with Gasteiger partial charge in [0.25, 0.3) is 5.88 Å². The standard InChI is InChI=1S/C24H24F4N6O2.2C2HF3O2/c1-3-29-20-10-18-16(11-32-20)22(19-12-31-13(2)35-19)33-34(18)14-4-6-15(7-5-14)36-23-21(25)17(8-9-30-23)24(26,27)28;2*3-2(4,5)1(6)7/h8-12,14-15H,3-7H2,1-2H3,(H,29,32);2*(H,6,7). The number of halogens is 10. The van der Waals surface area contributed by atoms with Crippen LogP contribution in [0.2, 0.25) is 0 Å². The summed E-state index contributed by atoms with van der Waals surface area (Å²) >= 11 is 0. The topological polar surface area (TPSA) is 165 Å². The summed E-state index contributed by atoms with van der Waals surface area (Å²) in [5.41, 5.74) is 0.124. The number of alkyl halides is 9. The minimum absolute atomic E-state index is 0.00121. The van der Waals surface area contributed by atoms with Crippen LogP contribution < -0.4 is 10.1 Å². The Hall–Kier alpha value is -5.18. The number of carboxylic acid groups (broad SMARTS) is 2. The second-order valence-electron chi connectivity index (χ2n) is 10.3. The van der Waals surface area contributed by atoms with Crippen molar-refractivity contribution in [1.82, 2.24) is 24.7 Å². The molecule has 4 aromatic heterocycles. The van der Waals surface area contributed by atoms with Crippen LogP contribution in [0.1, 0.15) is 50.1 Å². The molecule has 0 aliphatic heterocycles. The lowest BCUT2D eigenvalue weighted by Gasteiger charge is -2.29. The number of fused-ring (bicyclic) bond motifs is 1. The van der Waals surface area contributed by atoms with E-state index >= 15 is 0 Å². The number of carboxylic acids is 2. The molecule has 1 aliphatic rings. The van der Waals surface area contributed by atoms with E-state index in [-0.39, 0.29) is 6.04 Å². The Balaban J connectivity index is 0.000000408. The van der Waals surface area contributed by atoms with E-state index in [1.54, 1.807) is 19.3 Å². The quantitative estimate of drug-likeness (QED) is 0.172. The fraction of sp³-hybridized carbons (Fsp3) is 0.429. The Morgan fingerprint density at radius 1 is 0.960 bits per heavy atom. The molecule has 0 radical (unpaired) electrons. The van der Waals surface area contributed by atoms with Gasteiger partial charge in [-0.15, -0.1) is 0 Å². The number of pyridine rings is 2. The van der Waals surface area contributed by atoms with E-state index in [9.17, 15) is 43.9 Å². The van der Waals surface area contributed by atoms with Crippen LogP contribution in [0, 0.1) is 12.7 Å². The molecule has 0 bridgehead atoms. The van der Waals surface area contributed by atoms with E-state index in [4.69, 9.17) is 34.1 Å². The van der Waals surface area contributed by atoms with Crippen LogP contribution in [0.15, 0.2) is 35.1 Å². The van der Waals surface area contributed by atoms with Gasteiger partial charge in [-0.05, 0) is 38.7 Å². The lowest BCUT2D eigenvalue weighted by molar-refractivity contribution is -0.193. The zero-order valence-corrected chi connectivity index (χ0v) is 25.6. The molecule has 22 heteroatoms. The average molecular weight is 733 g/mol. The molecule has 1 fully saturated rings. The number of aliphatic carboxylic acids is 2. The van der Waals surface area contributed by atoms with Gasteiger partial charge in [-0.1, -0.05) is 0 Å². The first-order chi connectivity index (χ1) is 23.1. The Morgan fingerprint density at radius 2 is 1.54 bits per heavy atom. The minimum atomic E-state index is -5.08. The maximum absolute atomic E-state index is 14.4. The molecule has 50 heavy (non-hydrogen) atoms. The summed E-state index contributed by atoms with van der Waals surface area (Å²) in [4.78, 5) is 30.1. The van der Waals surface area contributed by atoms with E-state index in [0.717, 1.165) is 22.9 Å². The van der Waals surface area contributed by atoms with Crippen molar-refractivity contribution in [3.63, 3.8) is 0 Å². The van der Waals surface area contributed by atoms with E-state index < -0.39 is 53.8 Å². The molecule has 4 heterocycles. The number of oxazole rings is 1. The Bertz CT molecular complexity index is 1760. The molecule has 3 N–H and O–H groups in total. The van der Waals surface area contributed by atoms with Crippen molar-refractivity contribution >= 4 is 28.7 Å². The van der Waals surface area contributed by atoms with Gasteiger partial charge < -0.3 is 24.7 Å². The number of hydrogen-bond acceptors (Lipinski definition) is 9. The van der Waals surface area contributed by atoms with E-state index in [0.29, 0.717) is 55.6 Å². The fourth-order valence-electron chi connectivity index (χ4n) is 4.53. The third-order valence-electron chi connectivity index (χ3n) is 6.72. The Labute approximate surface area is 274 Å². The summed E-state index contributed by atoms with van der Waals surface area (Å²) < 4.78 is 130. The number of hydrogen-bond donors (Lipinski definition) is 3. The molecule has 0 aromatic carbocycles. The molecule has 0 spiro atoms. The van der Waals surface area contributed by atoms with Crippen molar-refractivity contribution in [2.75, 3.05) is 11.9 Å². The predicted molar refractivity (Wildman–Crippen MR) is 150 cm³/mol. The number of rotatable bonds is 6. The highest BCUT2D eigenvalue weighted by molar-refractivity contribution is 5.92. The molecule has 5 rings (SSSR count). The van der Waals surface area contributed by atoms with Gasteiger partial charge in [0.2, 0.25) is 0 Å². The smallest absolute Gasteiger partial charge is 0.475 e. The van der Waals surface area contributed by atoms with Crippen molar-refractivity contribution in [3.8, 4) is 17.3 Å². The molecular formula is C28H26F10N6O6. The van der Waals surface area contributed by atoms with Crippen LogP contribution in [0.3, 0.4) is 0 Å². The first-order valence-corrected chi connectivity index (χ1v) is 14.2. The predicted octanol–water partition coefficient (Wildman–Crippen LogP) is 7.21. The molecule has 4 aromatic rings. The summed E-state index contributed by atoms with van der Waals surface area (Å²) in [5.74, 6) is -5.84. The van der Waals surface area contributed by atoms with Crippen LogP contribution in [0.4, 0.5) is 49.7 Å². The van der Waals surface area contributed by atoms with Crippen LogP contribution in [0.25, 0.3) is 22.4 Å². The molecule has 0 saturated heterocycles. The molecule has 12 nitrogen and oxygen atoms in total. The van der Waals surface area contributed by atoms with Gasteiger partial charge in [0.05, 0.1) is 23.3 Å². The Morgan fingerprint density at radius 3 is 2.02 bits per heavy atom. The zero-order valence-electron chi connectivity index (χ0n) is 25.6. The first-order valence-electron chi connectivity index (χ1n) is 14.2. The maximum atomic E-state index is 14.4. The highest BCUT2D eigenvalue weighted by Crippen LogP contribution is 2.38. The van der Waals surface area contributed by atoms with Gasteiger partial charge in [-0.25, -0.2) is 28.9 Å². The van der Waals surface area contributed by atoms with Gasteiger partial charge in [0.1, 0.15) is 17.6 Å². The largest absolute Gasteiger partial charge is 0.490 e. The van der Waals surface area contributed by atoms with Crippen molar-refractivity contribution in [2.45, 2.75) is 70.2 Å². The third-order valence-corrected chi connectivity index (χ3v) is 6.72. The minimum Gasteiger partial charge on any atom is -0.475 e. The lowest BCUT2D eigenvalue weighted by atomic mass is 9.93. The van der Waals surface area contributed by atoms with E-state index in [1.165, 1.54) is 0 Å². The SMILES string of the molecule is CCNc1cc2c(cn1)c(-c1cnc(C)o1)nn2C1CCC(Oc2nccc(C(F)(F)F)c2F)CC1.O=C(O)C(F)(F)F.O=C(O)C(F)(F)F.